The third kappa shape index (κ3) is 3.12. The maximum atomic E-state index is 10.7. The number of hydrogen-bond donors (Lipinski definition) is 3. The molecule has 1 heterocycles. The zero-order valence-electron chi connectivity index (χ0n) is 9.02. The maximum absolute atomic E-state index is 10.7. The molecule has 1 aromatic rings. The second-order valence-corrected chi connectivity index (χ2v) is 2.74. The molecule has 0 bridgehead atoms. The van der Waals surface area contributed by atoms with Crippen molar-refractivity contribution >= 4 is 17.8 Å². The first kappa shape index (κ1) is 11.8. The van der Waals surface area contributed by atoms with Crippen LogP contribution in [-0.2, 0) is 0 Å². The fourth-order valence-electron chi connectivity index (χ4n) is 1.02. The Morgan fingerprint density at radius 3 is 2.94 bits per heavy atom. The lowest BCUT2D eigenvalue weighted by atomic mass is 10.4. The maximum Gasteiger partial charge on any atom is 0.318 e. The number of urea groups is 1. The Balaban J connectivity index is 2.82. The molecule has 0 radical (unpaired) electrons. The Labute approximate surface area is 92.7 Å². The topological polar surface area (TPSA) is 102 Å². The van der Waals surface area contributed by atoms with Crippen molar-refractivity contribution in [2.24, 2.45) is 10.7 Å². The van der Waals surface area contributed by atoms with Crippen molar-refractivity contribution in [3.8, 4) is 5.75 Å². The first-order chi connectivity index (χ1) is 7.67. The van der Waals surface area contributed by atoms with Crippen LogP contribution in [0.4, 0.5) is 10.6 Å². The fourth-order valence-corrected chi connectivity index (χ4v) is 1.02. The molecule has 0 saturated heterocycles. The van der Waals surface area contributed by atoms with Crippen LogP contribution < -0.4 is 21.1 Å². The van der Waals surface area contributed by atoms with Gasteiger partial charge in [-0.3, -0.25) is 10.3 Å². The molecule has 0 fully saturated rings. The lowest BCUT2D eigenvalue weighted by Crippen LogP contribution is -2.39. The molecule has 4 N–H and O–H groups in total. The summed E-state index contributed by atoms with van der Waals surface area (Å²) < 4.78 is 5.07. The molecular formula is C9H13N5O2. The largest absolute Gasteiger partial charge is 0.493 e. The molecule has 0 aromatic carbocycles. The van der Waals surface area contributed by atoms with Crippen LogP contribution in [0, 0.1) is 0 Å². The predicted octanol–water partition coefficient (Wildman–Crippen LogP) is 0.156. The summed E-state index contributed by atoms with van der Waals surface area (Å²) in [5, 5.41) is 5.09. The van der Waals surface area contributed by atoms with Gasteiger partial charge in [0.15, 0.2) is 11.6 Å². The molecule has 7 heteroatoms. The number of hydrogen-bond acceptors (Lipinski definition) is 4. The van der Waals surface area contributed by atoms with Gasteiger partial charge in [0.2, 0.25) is 5.96 Å². The quantitative estimate of drug-likeness (QED) is 0.490. The van der Waals surface area contributed by atoms with E-state index in [1.807, 2.05) is 0 Å². The number of methoxy groups -OCH3 is 1. The minimum Gasteiger partial charge on any atom is -0.493 e. The molecule has 0 unspecified atom stereocenters. The van der Waals surface area contributed by atoms with Gasteiger partial charge in [-0.2, -0.15) is 0 Å². The first-order valence-electron chi connectivity index (χ1n) is 4.46. The molecule has 0 aliphatic rings. The molecule has 0 spiro atoms. The number of nitrogens with one attached hydrogen (secondary N) is 2. The van der Waals surface area contributed by atoms with Crippen LogP contribution in [0.1, 0.15) is 0 Å². The number of guanidine groups is 1. The number of aromatic nitrogens is 1. The Morgan fingerprint density at radius 1 is 1.62 bits per heavy atom. The normalized spacial score (nSPS) is 10.8. The van der Waals surface area contributed by atoms with E-state index in [9.17, 15) is 4.79 Å². The molecule has 1 aromatic heterocycles. The van der Waals surface area contributed by atoms with Gasteiger partial charge >= 0.3 is 6.03 Å². The van der Waals surface area contributed by atoms with Crippen molar-refractivity contribution in [1.82, 2.24) is 10.3 Å². The number of aliphatic imine (C=N–C) groups is 1. The summed E-state index contributed by atoms with van der Waals surface area (Å²) in [6.07, 6.45) is 1.59. The summed E-state index contributed by atoms with van der Waals surface area (Å²) in [5.41, 5.74) is 4.97. The summed E-state index contributed by atoms with van der Waals surface area (Å²) in [6.45, 7) is 0. The van der Waals surface area contributed by atoms with E-state index in [1.165, 1.54) is 14.2 Å². The molecule has 1 rings (SSSR count). The van der Waals surface area contributed by atoms with Crippen LogP contribution >= 0.6 is 0 Å². The van der Waals surface area contributed by atoms with E-state index in [1.54, 1.807) is 18.3 Å². The zero-order valence-corrected chi connectivity index (χ0v) is 9.02. The van der Waals surface area contributed by atoms with Crippen molar-refractivity contribution in [3.05, 3.63) is 18.3 Å². The number of anilines is 1. The second-order valence-electron chi connectivity index (χ2n) is 2.74. The van der Waals surface area contributed by atoms with E-state index < -0.39 is 6.03 Å². The molecule has 7 nitrogen and oxygen atoms in total. The zero-order chi connectivity index (χ0) is 12.0. The molecule has 0 aliphatic heterocycles. The number of amides is 2. The highest BCUT2D eigenvalue weighted by Crippen LogP contribution is 2.19. The van der Waals surface area contributed by atoms with Crippen LogP contribution in [-0.4, -0.2) is 31.1 Å². The van der Waals surface area contributed by atoms with Gasteiger partial charge in [-0.15, -0.1) is 0 Å². The second kappa shape index (κ2) is 5.54. The van der Waals surface area contributed by atoms with Gasteiger partial charge in [-0.05, 0) is 12.1 Å². The number of nitrogens with zero attached hydrogens (tertiary/aromatic N) is 2. The number of carbonyl (C=O) groups is 1. The van der Waals surface area contributed by atoms with Crippen LogP contribution in [0.25, 0.3) is 0 Å². The molecule has 16 heavy (non-hydrogen) atoms. The van der Waals surface area contributed by atoms with Crippen molar-refractivity contribution in [3.63, 3.8) is 0 Å². The van der Waals surface area contributed by atoms with Crippen LogP contribution in [0.2, 0.25) is 0 Å². The molecule has 0 saturated carbocycles. The number of primary amides is 1. The summed E-state index contributed by atoms with van der Waals surface area (Å²) in [5.74, 6) is 1.18. The number of rotatable bonds is 2. The lowest BCUT2D eigenvalue weighted by Gasteiger charge is -2.10. The molecular weight excluding hydrogens is 210 g/mol. The fraction of sp³-hybridized carbons (Fsp3) is 0.222. The number of nitrogens with two attached hydrogens (primary N) is 1. The summed E-state index contributed by atoms with van der Waals surface area (Å²) in [7, 11) is 3.03. The van der Waals surface area contributed by atoms with Crippen LogP contribution in [0.15, 0.2) is 23.3 Å². The van der Waals surface area contributed by atoms with E-state index in [-0.39, 0.29) is 5.96 Å². The minimum atomic E-state index is -0.706. The van der Waals surface area contributed by atoms with Gasteiger partial charge < -0.3 is 15.8 Å². The first-order valence-corrected chi connectivity index (χ1v) is 4.46. The minimum absolute atomic E-state index is 0.199. The Hall–Kier alpha value is -2.31. The van der Waals surface area contributed by atoms with Gasteiger partial charge in [0.25, 0.3) is 0 Å². The highest BCUT2D eigenvalue weighted by atomic mass is 16.5. The third-order valence-electron chi connectivity index (χ3n) is 1.69. The summed E-state index contributed by atoms with van der Waals surface area (Å²) in [6, 6.07) is 2.75. The Bertz CT molecular complexity index is 405. The monoisotopic (exact) mass is 223 g/mol. The van der Waals surface area contributed by atoms with Gasteiger partial charge in [-0.25, -0.2) is 9.78 Å². The number of ether oxygens (including phenoxy) is 1. The molecule has 0 aliphatic carbocycles. The SMILES string of the molecule is CN=C(NC(N)=O)Nc1ncccc1OC. The predicted molar refractivity (Wildman–Crippen MR) is 60.5 cm³/mol. The van der Waals surface area contributed by atoms with Crippen LogP contribution in [0.3, 0.4) is 0 Å². The molecule has 2 amide bonds. The third-order valence-corrected chi connectivity index (χ3v) is 1.69. The number of pyridine rings is 1. The lowest BCUT2D eigenvalue weighted by molar-refractivity contribution is 0.253. The Kier molecular flexibility index (Phi) is 4.07. The molecule has 0 atom stereocenters. The van der Waals surface area contributed by atoms with Crippen molar-refractivity contribution < 1.29 is 9.53 Å². The van der Waals surface area contributed by atoms with Gasteiger partial charge in [-0.1, -0.05) is 0 Å². The summed E-state index contributed by atoms with van der Waals surface area (Å²) >= 11 is 0. The van der Waals surface area contributed by atoms with E-state index in [0.29, 0.717) is 11.6 Å². The smallest absolute Gasteiger partial charge is 0.318 e. The van der Waals surface area contributed by atoms with E-state index in [4.69, 9.17) is 10.5 Å². The number of carbonyl (C=O) groups excluding carboxylic acids is 1. The van der Waals surface area contributed by atoms with Crippen molar-refractivity contribution in [2.75, 3.05) is 19.5 Å². The van der Waals surface area contributed by atoms with E-state index in [2.05, 4.69) is 20.6 Å². The average molecular weight is 223 g/mol. The Morgan fingerprint density at radius 2 is 2.38 bits per heavy atom. The highest BCUT2D eigenvalue weighted by Gasteiger charge is 2.07. The van der Waals surface area contributed by atoms with E-state index in [0.717, 1.165) is 0 Å². The standard InChI is InChI=1S/C9H13N5O2/c1-11-9(14-8(10)15)13-7-6(16-2)4-3-5-12-7/h3-5H,1-2H3,(H4,10,11,12,13,14,15). The van der Waals surface area contributed by atoms with Crippen LogP contribution in [0.5, 0.6) is 5.75 Å². The highest BCUT2D eigenvalue weighted by molar-refractivity contribution is 6.03. The van der Waals surface area contributed by atoms with Crippen molar-refractivity contribution in [2.45, 2.75) is 0 Å². The summed E-state index contributed by atoms with van der Waals surface area (Å²) in [4.78, 5) is 18.5. The van der Waals surface area contributed by atoms with Gasteiger partial charge in [0.1, 0.15) is 0 Å². The van der Waals surface area contributed by atoms with E-state index >= 15 is 0 Å². The van der Waals surface area contributed by atoms with Gasteiger partial charge in [0, 0.05) is 13.2 Å². The average Bonchev–Trinajstić information content (AvgIpc) is 2.28. The van der Waals surface area contributed by atoms with Crippen molar-refractivity contribution in [1.29, 1.82) is 0 Å². The molecule has 86 valence electrons. The van der Waals surface area contributed by atoms with Gasteiger partial charge in [0.05, 0.1) is 7.11 Å².